The molecule has 0 bridgehead atoms. The molecule has 0 radical (unpaired) electrons. The zero-order chi connectivity index (χ0) is 23.1. The van der Waals surface area contributed by atoms with E-state index < -0.39 is 33.8 Å². The zero-order valence-corrected chi connectivity index (χ0v) is 18.5. The molecule has 168 valence electrons. The topological polar surface area (TPSA) is 147 Å². The first-order valence-corrected chi connectivity index (χ1v) is 11.8. The van der Waals surface area contributed by atoms with E-state index in [1.807, 2.05) is 59.3 Å². The number of sulfonamides is 1. The molecule has 32 heavy (non-hydrogen) atoms. The SMILES string of the molecule is C[C@H](C[C@@H](Cc1ccc(-c2ccccc2)cc1)NC(=O)c1nn[nH]n1)C(=O)NS(C)(=O)=O. The molecule has 10 nitrogen and oxygen atoms in total. The number of hydrogen-bond acceptors (Lipinski definition) is 7. The summed E-state index contributed by atoms with van der Waals surface area (Å²) >= 11 is 0. The largest absolute Gasteiger partial charge is 0.346 e. The highest BCUT2D eigenvalue weighted by atomic mass is 32.2. The molecule has 0 saturated heterocycles. The summed E-state index contributed by atoms with van der Waals surface area (Å²) in [7, 11) is -3.67. The maximum absolute atomic E-state index is 12.4. The average Bonchev–Trinajstić information content (AvgIpc) is 3.29. The highest BCUT2D eigenvalue weighted by Crippen LogP contribution is 2.20. The Hall–Kier alpha value is -3.60. The Morgan fingerprint density at radius 2 is 1.69 bits per heavy atom. The van der Waals surface area contributed by atoms with E-state index in [9.17, 15) is 18.0 Å². The number of hydrogen-bond donors (Lipinski definition) is 3. The van der Waals surface area contributed by atoms with Crippen LogP contribution >= 0.6 is 0 Å². The van der Waals surface area contributed by atoms with Crippen LogP contribution in [0.25, 0.3) is 11.1 Å². The quantitative estimate of drug-likeness (QED) is 0.440. The van der Waals surface area contributed by atoms with E-state index in [0.717, 1.165) is 22.9 Å². The van der Waals surface area contributed by atoms with Gasteiger partial charge in [-0.15, -0.1) is 10.2 Å². The van der Waals surface area contributed by atoms with E-state index in [-0.39, 0.29) is 12.2 Å². The lowest BCUT2D eigenvalue weighted by atomic mass is 9.94. The van der Waals surface area contributed by atoms with E-state index in [4.69, 9.17) is 0 Å². The lowest BCUT2D eigenvalue weighted by Crippen LogP contribution is -2.41. The van der Waals surface area contributed by atoms with Crippen molar-refractivity contribution >= 4 is 21.8 Å². The zero-order valence-electron chi connectivity index (χ0n) is 17.6. The van der Waals surface area contributed by atoms with Crippen molar-refractivity contribution in [3.8, 4) is 11.1 Å². The van der Waals surface area contributed by atoms with Crippen molar-refractivity contribution in [3.05, 3.63) is 66.0 Å². The molecule has 3 N–H and O–H groups in total. The van der Waals surface area contributed by atoms with Gasteiger partial charge >= 0.3 is 0 Å². The lowest BCUT2D eigenvalue weighted by molar-refractivity contribution is -0.123. The standard InChI is InChI=1S/C21H24N6O4S/c1-14(20(28)25-32(2,30)31)12-18(22-21(29)19-23-26-27-24-19)13-15-8-10-17(11-9-15)16-6-4-3-5-7-16/h3-11,14,18H,12-13H2,1-2H3,(H,22,29)(H,25,28)(H,23,24,26,27)/t14-,18+/m1/s1. The fourth-order valence-corrected chi connectivity index (χ4v) is 3.83. The van der Waals surface area contributed by atoms with Crippen molar-refractivity contribution in [2.75, 3.05) is 6.26 Å². The summed E-state index contributed by atoms with van der Waals surface area (Å²) in [6.07, 6.45) is 1.56. The van der Waals surface area contributed by atoms with E-state index in [1.165, 1.54) is 0 Å². The predicted octanol–water partition coefficient (Wildman–Crippen LogP) is 1.31. The van der Waals surface area contributed by atoms with E-state index >= 15 is 0 Å². The van der Waals surface area contributed by atoms with Gasteiger partial charge in [0.2, 0.25) is 15.9 Å². The first-order valence-electron chi connectivity index (χ1n) is 9.91. The number of aromatic nitrogens is 4. The van der Waals surface area contributed by atoms with Crippen LogP contribution in [0.1, 0.15) is 29.5 Å². The maximum Gasteiger partial charge on any atom is 0.293 e. The summed E-state index contributed by atoms with van der Waals surface area (Å²) in [6.45, 7) is 1.60. The van der Waals surface area contributed by atoms with Crippen molar-refractivity contribution in [2.24, 2.45) is 5.92 Å². The Kier molecular flexibility index (Phi) is 7.31. The van der Waals surface area contributed by atoms with E-state index in [0.29, 0.717) is 6.42 Å². The molecule has 3 aromatic rings. The molecule has 0 aliphatic rings. The van der Waals surface area contributed by atoms with Gasteiger partial charge in [-0.05, 0) is 34.7 Å². The summed E-state index contributed by atoms with van der Waals surface area (Å²) in [5.41, 5.74) is 3.09. The average molecular weight is 457 g/mol. The monoisotopic (exact) mass is 456 g/mol. The van der Waals surface area contributed by atoms with Gasteiger partial charge in [0.15, 0.2) is 0 Å². The molecule has 0 aliphatic carbocycles. The minimum Gasteiger partial charge on any atom is -0.346 e. The Morgan fingerprint density at radius 1 is 1.03 bits per heavy atom. The third-order valence-corrected chi connectivity index (χ3v) is 5.37. The van der Waals surface area contributed by atoms with E-state index in [2.05, 4.69) is 25.9 Å². The van der Waals surface area contributed by atoms with Crippen LogP contribution in [0.4, 0.5) is 0 Å². The molecule has 2 aromatic carbocycles. The number of aromatic amines is 1. The molecule has 0 fully saturated rings. The molecule has 0 unspecified atom stereocenters. The number of nitrogens with zero attached hydrogens (tertiary/aromatic N) is 3. The summed E-state index contributed by atoms with van der Waals surface area (Å²) in [4.78, 5) is 24.7. The number of nitrogens with one attached hydrogen (secondary N) is 3. The van der Waals surface area contributed by atoms with Crippen LogP contribution < -0.4 is 10.0 Å². The first kappa shape index (κ1) is 23.1. The molecule has 1 heterocycles. The van der Waals surface area contributed by atoms with Crippen molar-refractivity contribution in [1.82, 2.24) is 30.7 Å². The predicted molar refractivity (Wildman–Crippen MR) is 118 cm³/mol. The number of H-pyrrole nitrogens is 1. The minimum atomic E-state index is -3.67. The number of tetrazole rings is 1. The fourth-order valence-electron chi connectivity index (χ4n) is 3.27. The number of rotatable bonds is 9. The maximum atomic E-state index is 12.4. The molecule has 2 atom stereocenters. The molecule has 0 aliphatic heterocycles. The number of carbonyl (C=O) groups excluding carboxylic acids is 2. The van der Waals surface area contributed by atoms with Crippen LogP contribution in [-0.4, -0.2) is 53.2 Å². The normalized spacial score (nSPS) is 13.2. The smallest absolute Gasteiger partial charge is 0.293 e. The van der Waals surface area contributed by atoms with Crippen LogP contribution in [0.5, 0.6) is 0 Å². The van der Waals surface area contributed by atoms with Crippen LogP contribution in [-0.2, 0) is 21.2 Å². The Labute approximate surface area is 185 Å². The van der Waals surface area contributed by atoms with Gasteiger partial charge in [0, 0.05) is 12.0 Å². The van der Waals surface area contributed by atoms with Gasteiger partial charge in [0.1, 0.15) is 0 Å². The van der Waals surface area contributed by atoms with Gasteiger partial charge in [0.05, 0.1) is 6.26 Å². The van der Waals surface area contributed by atoms with Gasteiger partial charge in [-0.3, -0.25) is 14.3 Å². The molecule has 11 heteroatoms. The van der Waals surface area contributed by atoms with E-state index in [1.54, 1.807) is 6.92 Å². The molecule has 1 aromatic heterocycles. The second-order valence-corrected chi connectivity index (χ2v) is 9.30. The van der Waals surface area contributed by atoms with Gasteiger partial charge < -0.3 is 5.32 Å². The van der Waals surface area contributed by atoms with Crippen LogP contribution in [0.2, 0.25) is 0 Å². The van der Waals surface area contributed by atoms with Gasteiger partial charge in [-0.1, -0.05) is 61.5 Å². The summed E-state index contributed by atoms with van der Waals surface area (Å²) in [6, 6.07) is 17.3. The fraction of sp³-hybridized carbons (Fsp3) is 0.286. The van der Waals surface area contributed by atoms with Crippen molar-refractivity contribution in [1.29, 1.82) is 0 Å². The summed E-state index contributed by atoms with van der Waals surface area (Å²) in [5, 5.41) is 15.7. The van der Waals surface area contributed by atoms with Gasteiger partial charge in [-0.2, -0.15) is 5.21 Å². The van der Waals surface area contributed by atoms with Crippen molar-refractivity contribution < 1.29 is 18.0 Å². The minimum absolute atomic E-state index is 0.123. The lowest BCUT2D eigenvalue weighted by Gasteiger charge is -2.21. The molecular formula is C21H24N6O4S. The Morgan fingerprint density at radius 3 is 2.28 bits per heavy atom. The molecule has 0 spiro atoms. The summed E-state index contributed by atoms with van der Waals surface area (Å²) in [5.74, 6) is -1.96. The third-order valence-electron chi connectivity index (χ3n) is 4.80. The molecular weight excluding hydrogens is 432 g/mol. The van der Waals surface area contributed by atoms with Gasteiger partial charge in [-0.25, -0.2) is 8.42 Å². The number of carbonyl (C=O) groups is 2. The van der Waals surface area contributed by atoms with Crippen LogP contribution in [0, 0.1) is 5.92 Å². The van der Waals surface area contributed by atoms with Crippen molar-refractivity contribution in [2.45, 2.75) is 25.8 Å². The molecule has 3 rings (SSSR count). The highest BCUT2D eigenvalue weighted by Gasteiger charge is 2.24. The summed E-state index contributed by atoms with van der Waals surface area (Å²) < 4.78 is 24.7. The Balaban J connectivity index is 1.74. The molecule has 0 saturated carbocycles. The Bertz CT molecular complexity index is 1150. The number of amides is 2. The number of benzene rings is 2. The van der Waals surface area contributed by atoms with Gasteiger partial charge in [0.25, 0.3) is 11.7 Å². The second kappa shape index (κ2) is 10.1. The molecule has 2 amide bonds. The van der Waals surface area contributed by atoms with Crippen molar-refractivity contribution in [3.63, 3.8) is 0 Å². The van der Waals surface area contributed by atoms with Crippen LogP contribution in [0.3, 0.4) is 0 Å². The second-order valence-electron chi connectivity index (χ2n) is 7.55. The first-order chi connectivity index (χ1) is 15.2. The third kappa shape index (κ3) is 6.71. The van der Waals surface area contributed by atoms with Crippen LogP contribution in [0.15, 0.2) is 54.6 Å². The highest BCUT2D eigenvalue weighted by molar-refractivity contribution is 7.89.